The van der Waals surface area contributed by atoms with Crippen LogP contribution in [0.15, 0.2) is 18.3 Å². The lowest BCUT2D eigenvalue weighted by Gasteiger charge is -2.32. The van der Waals surface area contributed by atoms with Crippen molar-refractivity contribution >= 4 is 11.6 Å². The Balaban J connectivity index is 2.25. The van der Waals surface area contributed by atoms with E-state index in [1.165, 1.54) is 24.8 Å². The summed E-state index contributed by atoms with van der Waals surface area (Å²) in [5.41, 5.74) is 1.18. The van der Waals surface area contributed by atoms with Gasteiger partial charge in [0, 0.05) is 17.8 Å². The Bertz CT molecular complexity index is 314. The van der Waals surface area contributed by atoms with Gasteiger partial charge in [0.05, 0.1) is 0 Å². The molecule has 1 aromatic rings. The Hall–Kier alpha value is -0.600. The molecule has 2 rings (SSSR count). The maximum absolute atomic E-state index is 6.09. The highest BCUT2D eigenvalue weighted by Crippen LogP contribution is 2.32. The molecule has 2 nitrogen and oxygen atoms in total. The number of nitrogens with zero attached hydrogens (tertiary/aromatic N) is 2. The van der Waals surface area contributed by atoms with Crippen LogP contribution in [0.3, 0.4) is 0 Å². The number of hydrogen-bond donors (Lipinski definition) is 0. The van der Waals surface area contributed by atoms with Crippen molar-refractivity contribution < 1.29 is 0 Å². The number of aromatic nitrogens is 1. The molecule has 1 atom stereocenters. The first kappa shape index (κ1) is 9.94. The second kappa shape index (κ2) is 4.28. The zero-order chi connectivity index (χ0) is 9.97. The van der Waals surface area contributed by atoms with Crippen LogP contribution in [0.2, 0.25) is 5.15 Å². The van der Waals surface area contributed by atoms with E-state index in [9.17, 15) is 0 Å². The Morgan fingerprint density at radius 2 is 2.36 bits per heavy atom. The van der Waals surface area contributed by atoms with Gasteiger partial charge in [0.15, 0.2) is 0 Å². The van der Waals surface area contributed by atoms with Gasteiger partial charge in [-0.15, -0.1) is 0 Å². The van der Waals surface area contributed by atoms with E-state index in [2.05, 4.69) is 23.0 Å². The molecule has 1 saturated heterocycles. The van der Waals surface area contributed by atoms with Crippen LogP contribution in [0.5, 0.6) is 0 Å². The van der Waals surface area contributed by atoms with E-state index in [0.29, 0.717) is 11.2 Å². The van der Waals surface area contributed by atoms with Crippen molar-refractivity contribution in [2.24, 2.45) is 0 Å². The minimum absolute atomic E-state index is 0.463. The first-order valence-corrected chi connectivity index (χ1v) is 5.47. The van der Waals surface area contributed by atoms with Gasteiger partial charge >= 0.3 is 0 Å². The van der Waals surface area contributed by atoms with Gasteiger partial charge in [0.2, 0.25) is 0 Å². The Morgan fingerprint density at radius 1 is 1.50 bits per heavy atom. The zero-order valence-corrected chi connectivity index (χ0v) is 9.17. The Labute approximate surface area is 89.9 Å². The molecule has 0 saturated carbocycles. The summed E-state index contributed by atoms with van der Waals surface area (Å²) in [4.78, 5) is 6.49. The number of piperidine rings is 1. The van der Waals surface area contributed by atoms with Gasteiger partial charge in [0.1, 0.15) is 5.15 Å². The molecule has 0 radical (unpaired) electrons. The average molecular weight is 211 g/mol. The first-order chi connectivity index (χ1) is 6.79. The summed E-state index contributed by atoms with van der Waals surface area (Å²) in [6.07, 6.45) is 5.53. The van der Waals surface area contributed by atoms with Crippen LogP contribution >= 0.6 is 11.6 Å². The van der Waals surface area contributed by atoms with Gasteiger partial charge in [-0.1, -0.05) is 24.1 Å². The van der Waals surface area contributed by atoms with Crippen LogP contribution in [-0.4, -0.2) is 23.5 Å². The van der Waals surface area contributed by atoms with Crippen LogP contribution < -0.4 is 0 Å². The van der Waals surface area contributed by atoms with Crippen molar-refractivity contribution in [2.75, 3.05) is 13.6 Å². The smallest absolute Gasteiger partial charge is 0.133 e. The standard InChI is InChI=1S/C11H15ClN2/c1-14-8-3-2-6-10(14)9-5-4-7-13-11(9)12/h4-5,7,10H,2-3,6,8H2,1H3/t10-/m0/s1. The summed E-state index contributed by atoms with van der Waals surface area (Å²) < 4.78 is 0. The van der Waals surface area contributed by atoms with E-state index in [1.54, 1.807) is 6.20 Å². The van der Waals surface area contributed by atoms with Crippen molar-refractivity contribution in [1.82, 2.24) is 9.88 Å². The molecule has 0 unspecified atom stereocenters. The predicted octanol–water partition coefficient (Wildman–Crippen LogP) is 2.89. The van der Waals surface area contributed by atoms with E-state index < -0.39 is 0 Å². The predicted molar refractivity (Wildman–Crippen MR) is 58.5 cm³/mol. The summed E-state index contributed by atoms with van der Waals surface area (Å²) in [6.45, 7) is 1.16. The molecule has 0 N–H and O–H groups in total. The molecule has 1 fully saturated rings. The summed E-state index contributed by atoms with van der Waals surface area (Å²) in [7, 11) is 2.16. The van der Waals surface area contributed by atoms with Crippen LogP contribution in [-0.2, 0) is 0 Å². The third-order valence-electron chi connectivity index (χ3n) is 2.92. The van der Waals surface area contributed by atoms with Gasteiger partial charge in [0.25, 0.3) is 0 Å². The highest BCUT2D eigenvalue weighted by molar-refractivity contribution is 6.30. The fourth-order valence-electron chi connectivity index (χ4n) is 2.12. The number of hydrogen-bond acceptors (Lipinski definition) is 2. The minimum Gasteiger partial charge on any atom is -0.299 e. The summed E-state index contributed by atoms with van der Waals surface area (Å²) in [5, 5.41) is 0.659. The zero-order valence-electron chi connectivity index (χ0n) is 8.41. The lowest BCUT2D eigenvalue weighted by atomic mass is 9.97. The Kier molecular flexibility index (Phi) is 3.04. The molecule has 0 aromatic carbocycles. The number of halogens is 1. The lowest BCUT2D eigenvalue weighted by molar-refractivity contribution is 0.187. The largest absolute Gasteiger partial charge is 0.299 e. The molecule has 14 heavy (non-hydrogen) atoms. The van der Waals surface area contributed by atoms with Crippen LogP contribution in [0.4, 0.5) is 0 Å². The normalized spacial score (nSPS) is 23.7. The molecule has 0 bridgehead atoms. The molecule has 3 heteroatoms. The monoisotopic (exact) mass is 210 g/mol. The highest BCUT2D eigenvalue weighted by atomic mass is 35.5. The number of rotatable bonds is 1. The topological polar surface area (TPSA) is 16.1 Å². The van der Waals surface area contributed by atoms with Crippen LogP contribution in [0.1, 0.15) is 30.9 Å². The third-order valence-corrected chi connectivity index (χ3v) is 3.23. The van der Waals surface area contributed by atoms with E-state index in [1.807, 2.05) is 6.07 Å². The molecule has 0 amide bonds. The molecule has 0 spiro atoms. The Morgan fingerprint density at radius 3 is 3.07 bits per heavy atom. The summed E-state index contributed by atoms with van der Waals surface area (Å²) in [6, 6.07) is 4.51. The van der Waals surface area contributed by atoms with Gasteiger partial charge in [-0.25, -0.2) is 4.98 Å². The SMILES string of the molecule is CN1CCCC[C@H]1c1cccnc1Cl. The molecule has 1 aromatic heterocycles. The van der Waals surface area contributed by atoms with E-state index >= 15 is 0 Å². The maximum atomic E-state index is 6.09. The molecule has 1 aliphatic rings. The van der Waals surface area contributed by atoms with E-state index in [4.69, 9.17) is 11.6 Å². The van der Waals surface area contributed by atoms with Gasteiger partial charge in [-0.2, -0.15) is 0 Å². The van der Waals surface area contributed by atoms with Crippen molar-refractivity contribution in [1.29, 1.82) is 0 Å². The molecule has 0 aliphatic carbocycles. The molecular weight excluding hydrogens is 196 g/mol. The molecule has 2 heterocycles. The third kappa shape index (κ3) is 1.91. The van der Waals surface area contributed by atoms with Crippen molar-refractivity contribution in [2.45, 2.75) is 25.3 Å². The van der Waals surface area contributed by atoms with Crippen molar-refractivity contribution in [3.63, 3.8) is 0 Å². The fourth-order valence-corrected chi connectivity index (χ4v) is 2.36. The van der Waals surface area contributed by atoms with Crippen molar-refractivity contribution in [3.8, 4) is 0 Å². The number of likely N-dealkylation sites (tertiary alicyclic amines) is 1. The molecular formula is C11H15ClN2. The molecule has 76 valence electrons. The average Bonchev–Trinajstić information content (AvgIpc) is 2.20. The summed E-state index contributed by atoms with van der Waals surface area (Å²) >= 11 is 6.09. The maximum Gasteiger partial charge on any atom is 0.133 e. The van der Waals surface area contributed by atoms with Crippen molar-refractivity contribution in [3.05, 3.63) is 29.0 Å². The van der Waals surface area contributed by atoms with Gasteiger partial charge < -0.3 is 0 Å². The van der Waals surface area contributed by atoms with E-state index in [-0.39, 0.29) is 0 Å². The lowest BCUT2D eigenvalue weighted by Crippen LogP contribution is -2.29. The highest BCUT2D eigenvalue weighted by Gasteiger charge is 2.22. The number of pyridine rings is 1. The summed E-state index contributed by atoms with van der Waals surface area (Å²) in [5.74, 6) is 0. The van der Waals surface area contributed by atoms with Gasteiger partial charge in [-0.05, 0) is 32.5 Å². The minimum atomic E-state index is 0.463. The second-order valence-corrected chi connectivity index (χ2v) is 4.23. The van der Waals surface area contributed by atoms with Gasteiger partial charge in [-0.3, -0.25) is 4.90 Å². The fraction of sp³-hybridized carbons (Fsp3) is 0.545. The second-order valence-electron chi connectivity index (χ2n) is 3.88. The first-order valence-electron chi connectivity index (χ1n) is 5.09. The van der Waals surface area contributed by atoms with Crippen LogP contribution in [0.25, 0.3) is 0 Å². The quantitative estimate of drug-likeness (QED) is 0.663. The van der Waals surface area contributed by atoms with Crippen LogP contribution in [0, 0.1) is 0 Å². The molecule has 1 aliphatic heterocycles. The van der Waals surface area contributed by atoms with E-state index in [0.717, 1.165) is 6.54 Å².